The Hall–Kier alpha value is -3.00. The van der Waals surface area contributed by atoms with E-state index < -0.39 is 17.2 Å². The van der Waals surface area contributed by atoms with Gasteiger partial charge in [0.25, 0.3) is 11.8 Å². The Bertz CT molecular complexity index is 1070. The van der Waals surface area contributed by atoms with Crippen molar-refractivity contribution in [2.75, 3.05) is 27.2 Å². The molecule has 0 unspecified atom stereocenters. The number of carbonyl (C=O) groups excluding carboxylic acids is 2. The van der Waals surface area contributed by atoms with Crippen molar-refractivity contribution in [2.24, 2.45) is 5.41 Å². The fourth-order valence-corrected chi connectivity index (χ4v) is 4.92. The highest BCUT2D eigenvalue weighted by Gasteiger charge is 2.24. The highest BCUT2D eigenvalue weighted by atomic mass is 16.2. The van der Waals surface area contributed by atoms with Crippen LogP contribution in [0.1, 0.15) is 85.2 Å². The van der Waals surface area contributed by atoms with Crippen LogP contribution in [0, 0.1) is 5.41 Å². The zero-order chi connectivity index (χ0) is 26.1. The molecule has 0 saturated heterocycles. The predicted molar refractivity (Wildman–Crippen MR) is 142 cm³/mol. The number of rotatable bonds is 9. The minimum atomic E-state index is -0.543. The van der Waals surface area contributed by atoms with Crippen molar-refractivity contribution >= 4 is 11.8 Å². The Labute approximate surface area is 214 Å². The fourth-order valence-electron chi connectivity index (χ4n) is 4.92. The number of nitrogens with zero attached hydrogens (tertiary/aromatic N) is 3. The van der Waals surface area contributed by atoms with Gasteiger partial charge in [0.2, 0.25) is 5.43 Å². The van der Waals surface area contributed by atoms with Crippen molar-refractivity contribution in [3.63, 3.8) is 0 Å². The Morgan fingerprint density at radius 3 is 2.28 bits per heavy atom. The third kappa shape index (κ3) is 8.29. The molecular formula is C28H41N5O3. The number of amides is 2. The third-order valence-electron chi connectivity index (χ3n) is 6.55. The summed E-state index contributed by atoms with van der Waals surface area (Å²) in [6, 6.07) is 5.63. The lowest BCUT2D eigenvalue weighted by molar-refractivity contribution is 0.0926. The summed E-state index contributed by atoms with van der Waals surface area (Å²) in [5.74, 6) is -0.884. The Morgan fingerprint density at radius 2 is 1.67 bits per heavy atom. The summed E-state index contributed by atoms with van der Waals surface area (Å²) in [5.41, 5.74) is 0.00825. The topological polar surface area (TPSA) is 96.3 Å². The van der Waals surface area contributed by atoms with E-state index in [1.807, 2.05) is 32.3 Å². The second-order valence-corrected chi connectivity index (χ2v) is 11.0. The smallest absolute Gasteiger partial charge is 0.256 e. The quantitative estimate of drug-likeness (QED) is 0.556. The van der Waals surface area contributed by atoms with E-state index in [4.69, 9.17) is 0 Å². The molecule has 3 rings (SSSR count). The molecule has 0 aliphatic heterocycles. The molecule has 8 nitrogen and oxygen atoms in total. The van der Waals surface area contributed by atoms with Crippen molar-refractivity contribution in [3.05, 3.63) is 63.8 Å². The summed E-state index contributed by atoms with van der Waals surface area (Å²) >= 11 is 0. The standard InChI is InChI=1S/C28H41N5O3/c1-28(2,20-32(3)4)19-30-26(35)23-17-33(16-22-14-10-11-15-29-22)18-24(25(23)34)27(36)31-21-12-8-6-5-7-9-13-21/h10-11,14-15,17-18,21H,5-9,12-13,16,19-20H2,1-4H3,(H,30,35)(H,31,36). The zero-order valence-corrected chi connectivity index (χ0v) is 22.2. The van der Waals surface area contributed by atoms with Gasteiger partial charge in [-0.3, -0.25) is 19.4 Å². The van der Waals surface area contributed by atoms with Crippen LogP contribution in [0.25, 0.3) is 0 Å². The van der Waals surface area contributed by atoms with Crippen LogP contribution in [0.3, 0.4) is 0 Å². The summed E-state index contributed by atoms with van der Waals surface area (Å²) in [6.45, 7) is 5.65. The van der Waals surface area contributed by atoms with E-state index in [1.165, 1.54) is 25.5 Å². The summed E-state index contributed by atoms with van der Waals surface area (Å²) in [4.78, 5) is 46.2. The van der Waals surface area contributed by atoms with Crippen molar-refractivity contribution in [2.45, 2.75) is 71.4 Å². The Morgan fingerprint density at radius 1 is 1.03 bits per heavy atom. The maximum Gasteiger partial charge on any atom is 0.256 e. The van der Waals surface area contributed by atoms with Crippen molar-refractivity contribution in [1.29, 1.82) is 0 Å². The first-order valence-corrected chi connectivity index (χ1v) is 13.0. The summed E-state index contributed by atoms with van der Waals surface area (Å²) in [6.07, 6.45) is 12.3. The molecule has 0 aromatic carbocycles. The van der Waals surface area contributed by atoms with Gasteiger partial charge in [0.15, 0.2) is 0 Å². The molecule has 2 aromatic rings. The molecule has 2 N–H and O–H groups in total. The van der Waals surface area contributed by atoms with E-state index in [2.05, 4.69) is 34.4 Å². The number of pyridine rings is 2. The second kappa shape index (κ2) is 12.8. The van der Waals surface area contributed by atoms with Gasteiger partial charge in [0.1, 0.15) is 11.1 Å². The predicted octanol–water partition coefficient (Wildman–Crippen LogP) is 3.45. The monoisotopic (exact) mass is 495 g/mol. The maximum atomic E-state index is 13.4. The fraction of sp³-hybridized carbons (Fsp3) is 0.571. The lowest BCUT2D eigenvalue weighted by Crippen LogP contribution is -2.42. The van der Waals surface area contributed by atoms with Crippen molar-refractivity contribution < 1.29 is 9.59 Å². The van der Waals surface area contributed by atoms with Crippen molar-refractivity contribution in [1.82, 2.24) is 25.1 Å². The Balaban J connectivity index is 1.87. The van der Waals surface area contributed by atoms with Crippen LogP contribution in [0.4, 0.5) is 0 Å². The van der Waals surface area contributed by atoms with Gasteiger partial charge in [-0.2, -0.15) is 0 Å². The van der Waals surface area contributed by atoms with Gasteiger partial charge in [-0.05, 0) is 44.5 Å². The van der Waals surface area contributed by atoms with Gasteiger partial charge in [0, 0.05) is 37.7 Å². The van der Waals surface area contributed by atoms with E-state index in [9.17, 15) is 14.4 Å². The molecule has 2 aromatic heterocycles. The zero-order valence-electron chi connectivity index (χ0n) is 22.2. The molecule has 0 bridgehead atoms. The average Bonchev–Trinajstić information content (AvgIpc) is 2.80. The van der Waals surface area contributed by atoms with Crippen LogP contribution in [0.5, 0.6) is 0 Å². The largest absolute Gasteiger partial charge is 0.351 e. The molecule has 1 aliphatic carbocycles. The van der Waals surface area contributed by atoms with Crippen LogP contribution in [0.2, 0.25) is 0 Å². The van der Waals surface area contributed by atoms with E-state index >= 15 is 0 Å². The number of carbonyl (C=O) groups is 2. The average molecular weight is 496 g/mol. The number of nitrogens with one attached hydrogen (secondary N) is 2. The lowest BCUT2D eigenvalue weighted by Gasteiger charge is -2.28. The molecule has 0 spiro atoms. The van der Waals surface area contributed by atoms with Crippen LogP contribution >= 0.6 is 0 Å². The highest BCUT2D eigenvalue weighted by Crippen LogP contribution is 2.18. The molecule has 1 fully saturated rings. The molecule has 2 amide bonds. The van der Waals surface area contributed by atoms with E-state index in [0.29, 0.717) is 13.1 Å². The normalized spacial score (nSPS) is 15.2. The summed E-state index contributed by atoms with van der Waals surface area (Å²) in [7, 11) is 3.97. The first-order valence-electron chi connectivity index (χ1n) is 13.0. The van der Waals surface area contributed by atoms with Gasteiger partial charge in [-0.15, -0.1) is 0 Å². The molecule has 1 aliphatic rings. The SMILES string of the molecule is CN(C)CC(C)(C)CNC(=O)c1cn(Cc2ccccn2)cc(C(=O)NC2CCCCCCC2)c1=O. The van der Waals surface area contributed by atoms with E-state index in [1.54, 1.807) is 17.0 Å². The first-order chi connectivity index (χ1) is 17.1. The minimum absolute atomic E-state index is 0.00630. The lowest BCUT2D eigenvalue weighted by atomic mass is 9.93. The summed E-state index contributed by atoms with van der Waals surface area (Å²) < 4.78 is 1.71. The molecule has 8 heteroatoms. The van der Waals surface area contributed by atoms with Gasteiger partial charge in [0.05, 0.1) is 12.2 Å². The van der Waals surface area contributed by atoms with Gasteiger partial charge >= 0.3 is 0 Å². The van der Waals surface area contributed by atoms with Crippen molar-refractivity contribution in [3.8, 4) is 0 Å². The van der Waals surface area contributed by atoms with Gasteiger partial charge < -0.3 is 20.1 Å². The maximum absolute atomic E-state index is 13.4. The molecule has 2 heterocycles. The number of hydrogen-bond acceptors (Lipinski definition) is 5. The van der Waals surface area contributed by atoms with Gasteiger partial charge in [-0.25, -0.2) is 0 Å². The van der Waals surface area contributed by atoms with Crippen LogP contribution in [-0.2, 0) is 6.54 Å². The van der Waals surface area contributed by atoms with Crippen LogP contribution in [-0.4, -0.2) is 59.5 Å². The van der Waals surface area contributed by atoms with E-state index in [-0.39, 0.29) is 22.6 Å². The Kier molecular flexibility index (Phi) is 9.81. The molecule has 1 saturated carbocycles. The van der Waals surface area contributed by atoms with Crippen LogP contribution in [0.15, 0.2) is 41.6 Å². The summed E-state index contributed by atoms with van der Waals surface area (Å²) in [5, 5.41) is 5.99. The molecule has 196 valence electrons. The molecule has 36 heavy (non-hydrogen) atoms. The molecule has 0 atom stereocenters. The highest BCUT2D eigenvalue weighted by molar-refractivity contribution is 5.99. The molecule has 0 radical (unpaired) electrons. The van der Waals surface area contributed by atoms with Gasteiger partial charge in [-0.1, -0.05) is 52.0 Å². The third-order valence-corrected chi connectivity index (χ3v) is 6.55. The minimum Gasteiger partial charge on any atom is -0.351 e. The molecular weight excluding hydrogens is 454 g/mol. The van der Waals surface area contributed by atoms with E-state index in [0.717, 1.165) is 37.9 Å². The second-order valence-electron chi connectivity index (χ2n) is 11.0. The number of hydrogen-bond donors (Lipinski definition) is 2. The number of aromatic nitrogens is 2. The van der Waals surface area contributed by atoms with Crippen LogP contribution < -0.4 is 16.1 Å². The first kappa shape index (κ1) is 27.6.